The number of phenols is 1. The summed E-state index contributed by atoms with van der Waals surface area (Å²) in [5.74, 6) is -1.91. The first-order valence-electron chi connectivity index (χ1n) is 4.24. The molecule has 2 unspecified atom stereocenters. The molecule has 0 aliphatic rings. The fraction of sp³-hybridized carbons (Fsp3) is 0.300. The number of carboxylic acids is 1. The Labute approximate surface area is 85.6 Å². The van der Waals surface area contributed by atoms with E-state index in [1.807, 2.05) is 0 Å². The van der Waals surface area contributed by atoms with Gasteiger partial charge in [0.1, 0.15) is 11.4 Å². The number of hydrogen-bond donors (Lipinski definition) is 3. The quantitative estimate of drug-likeness (QED) is 0.702. The first-order valence-corrected chi connectivity index (χ1v) is 4.24. The normalized spacial score (nSPS) is 16.7. The maximum Gasteiger partial charge on any atom is 0.341 e. The lowest BCUT2D eigenvalue weighted by molar-refractivity contribution is -0.153. The molecule has 0 aliphatic carbocycles. The van der Waals surface area contributed by atoms with Crippen molar-refractivity contribution in [2.45, 2.75) is 18.7 Å². The molecule has 3 N–H and O–H groups in total. The van der Waals surface area contributed by atoms with Crippen molar-refractivity contribution < 1.29 is 24.5 Å². The zero-order valence-electron chi connectivity index (χ0n) is 8.01. The molecule has 1 rings (SSSR count). The van der Waals surface area contributed by atoms with Crippen LogP contribution in [0.3, 0.4) is 0 Å². The highest BCUT2D eigenvalue weighted by Crippen LogP contribution is 2.29. The van der Waals surface area contributed by atoms with Crippen molar-refractivity contribution in [1.29, 1.82) is 0 Å². The average Bonchev–Trinajstić information content (AvgIpc) is 2.16. The predicted octanol–water partition coefficient (Wildman–Crippen LogP) is 1.02. The molecule has 0 saturated heterocycles. The summed E-state index contributed by atoms with van der Waals surface area (Å²) in [5.41, 5.74) is -2.15. The van der Waals surface area contributed by atoms with E-state index < -0.39 is 17.7 Å². The van der Waals surface area contributed by atoms with Crippen LogP contribution < -0.4 is 0 Å². The largest absolute Gasteiger partial charge is 0.508 e. The predicted molar refractivity (Wildman–Crippen MR) is 50.2 cm³/mol. The van der Waals surface area contributed by atoms with Crippen molar-refractivity contribution in [3.8, 4) is 5.75 Å². The summed E-state index contributed by atoms with van der Waals surface area (Å²) in [7, 11) is 0. The minimum absolute atomic E-state index is 0.0115. The second kappa shape index (κ2) is 3.86. The fourth-order valence-electron chi connectivity index (χ4n) is 1.21. The molecular weight excluding hydrogens is 203 g/mol. The number of aliphatic carboxylic acids is 1. The van der Waals surface area contributed by atoms with Gasteiger partial charge in [0.25, 0.3) is 0 Å². The zero-order chi connectivity index (χ0) is 11.6. The van der Waals surface area contributed by atoms with Crippen LogP contribution >= 0.6 is 0 Å². The number of carbonyl (C=O) groups is 1. The maximum absolute atomic E-state index is 13.2. The summed E-state index contributed by atoms with van der Waals surface area (Å²) in [5, 5.41) is 27.2. The molecule has 1 aromatic carbocycles. The monoisotopic (exact) mass is 214 g/mol. The molecule has 0 saturated carbocycles. The molecule has 0 bridgehead atoms. The van der Waals surface area contributed by atoms with Gasteiger partial charge in [-0.05, 0) is 24.6 Å². The lowest BCUT2D eigenvalue weighted by atomic mass is 9.91. The second-order valence-corrected chi connectivity index (χ2v) is 3.40. The molecule has 0 aliphatic heterocycles. The molecule has 0 radical (unpaired) electrons. The Morgan fingerprint density at radius 3 is 2.60 bits per heavy atom. The highest BCUT2D eigenvalue weighted by molar-refractivity contribution is 5.74. The van der Waals surface area contributed by atoms with Crippen molar-refractivity contribution in [3.63, 3.8) is 0 Å². The smallest absolute Gasteiger partial charge is 0.341 e. The number of aliphatic hydroxyl groups is 1. The van der Waals surface area contributed by atoms with E-state index in [-0.39, 0.29) is 11.3 Å². The Morgan fingerprint density at radius 1 is 1.53 bits per heavy atom. The summed E-state index contributed by atoms with van der Waals surface area (Å²) in [6.45, 7) is 1.04. The average molecular weight is 214 g/mol. The van der Waals surface area contributed by atoms with Gasteiger partial charge in [-0.1, -0.05) is 12.1 Å². The molecule has 0 fully saturated rings. The lowest BCUT2D eigenvalue weighted by Crippen LogP contribution is -2.39. The summed E-state index contributed by atoms with van der Waals surface area (Å²) in [6, 6.07) is 5.20. The summed E-state index contributed by atoms with van der Waals surface area (Å²) >= 11 is 0. The number of benzene rings is 1. The van der Waals surface area contributed by atoms with Crippen LogP contribution in [0, 0.1) is 0 Å². The summed E-state index contributed by atoms with van der Waals surface area (Å²) in [6.07, 6.45) is -2.45. The SMILES string of the molecule is CC(O)(c1cccc(O)c1)C(F)C(=O)O. The highest BCUT2D eigenvalue weighted by atomic mass is 19.1. The van der Waals surface area contributed by atoms with Crippen molar-refractivity contribution >= 4 is 5.97 Å². The third-order valence-corrected chi connectivity index (χ3v) is 2.14. The van der Waals surface area contributed by atoms with Crippen molar-refractivity contribution in [2.24, 2.45) is 0 Å². The van der Waals surface area contributed by atoms with E-state index in [0.717, 1.165) is 13.0 Å². The van der Waals surface area contributed by atoms with Gasteiger partial charge < -0.3 is 15.3 Å². The number of phenolic OH excluding ortho intramolecular Hbond substituents is 1. The van der Waals surface area contributed by atoms with Crippen LogP contribution in [0.25, 0.3) is 0 Å². The first kappa shape index (κ1) is 11.5. The van der Waals surface area contributed by atoms with Crippen LogP contribution in [0.1, 0.15) is 12.5 Å². The second-order valence-electron chi connectivity index (χ2n) is 3.40. The maximum atomic E-state index is 13.2. The van der Waals surface area contributed by atoms with E-state index in [9.17, 15) is 14.3 Å². The number of hydrogen-bond acceptors (Lipinski definition) is 3. The Bertz CT molecular complexity index is 375. The molecule has 0 amide bonds. The van der Waals surface area contributed by atoms with Gasteiger partial charge in [-0.25, -0.2) is 9.18 Å². The van der Waals surface area contributed by atoms with Crippen LogP contribution in [0.4, 0.5) is 4.39 Å². The van der Waals surface area contributed by atoms with Gasteiger partial charge in [0.15, 0.2) is 0 Å². The Balaban J connectivity index is 3.10. The summed E-state index contributed by atoms with van der Waals surface area (Å²) in [4.78, 5) is 10.4. The van der Waals surface area contributed by atoms with Gasteiger partial charge in [-0.2, -0.15) is 0 Å². The van der Waals surface area contributed by atoms with Crippen LogP contribution in [0.2, 0.25) is 0 Å². The minimum Gasteiger partial charge on any atom is -0.508 e. The van der Waals surface area contributed by atoms with Gasteiger partial charge in [-0.3, -0.25) is 0 Å². The van der Waals surface area contributed by atoms with Crippen molar-refractivity contribution in [3.05, 3.63) is 29.8 Å². The molecule has 15 heavy (non-hydrogen) atoms. The molecule has 2 atom stereocenters. The van der Waals surface area contributed by atoms with Crippen LogP contribution in [-0.2, 0) is 10.4 Å². The van der Waals surface area contributed by atoms with Gasteiger partial charge in [0.2, 0.25) is 6.17 Å². The lowest BCUT2D eigenvalue weighted by Gasteiger charge is -2.25. The van der Waals surface area contributed by atoms with Crippen LogP contribution in [-0.4, -0.2) is 27.5 Å². The molecule has 1 aromatic rings. The Morgan fingerprint density at radius 2 is 2.13 bits per heavy atom. The van der Waals surface area contributed by atoms with E-state index >= 15 is 0 Å². The third kappa shape index (κ3) is 2.24. The number of halogens is 1. The van der Waals surface area contributed by atoms with E-state index in [1.165, 1.54) is 18.2 Å². The minimum atomic E-state index is -2.45. The van der Waals surface area contributed by atoms with Gasteiger partial charge in [0, 0.05) is 0 Å². The third-order valence-electron chi connectivity index (χ3n) is 2.14. The number of alkyl halides is 1. The van der Waals surface area contributed by atoms with E-state index in [1.54, 1.807) is 0 Å². The van der Waals surface area contributed by atoms with E-state index in [2.05, 4.69) is 0 Å². The summed E-state index contributed by atoms with van der Waals surface area (Å²) < 4.78 is 13.2. The van der Waals surface area contributed by atoms with Crippen molar-refractivity contribution in [1.82, 2.24) is 0 Å². The number of rotatable bonds is 3. The zero-order valence-corrected chi connectivity index (χ0v) is 8.01. The molecule has 4 nitrogen and oxygen atoms in total. The molecule has 0 aromatic heterocycles. The van der Waals surface area contributed by atoms with Crippen LogP contribution in [0.5, 0.6) is 5.75 Å². The molecule has 0 spiro atoms. The highest BCUT2D eigenvalue weighted by Gasteiger charge is 2.39. The number of carboxylic acid groups (broad SMARTS) is 1. The topological polar surface area (TPSA) is 77.8 Å². The van der Waals surface area contributed by atoms with Crippen molar-refractivity contribution in [2.75, 3.05) is 0 Å². The molecule has 5 heteroatoms. The van der Waals surface area contributed by atoms with Crippen LogP contribution in [0.15, 0.2) is 24.3 Å². The van der Waals surface area contributed by atoms with Gasteiger partial charge >= 0.3 is 5.97 Å². The first-order chi connectivity index (χ1) is 6.85. The Hall–Kier alpha value is -1.62. The van der Waals surface area contributed by atoms with E-state index in [4.69, 9.17) is 10.2 Å². The molecule has 82 valence electrons. The molecule has 0 heterocycles. The molecular formula is C10H11FO4. The van der Waals surface area contributed by atoms with Gasteiger partial charge in [0.05, 0.1) is 0 Å². The number of aromatic hydroxyl groups is 1. The fourth-order valence-corrected chi connectivity index (χ4v) is 1.21. The Kier molecular flexibility index (Phi) is 2.95. The van der Waals surface area contributed by atoms with E-state index in [0.29, 0.717) is 0 Å². The van der Waals surface area contributed by atoms with Gasteiger partial charge in [-0.15, -0.1) is 0 Å². The standard InChI is InChI=1S/C10H11FO4/c1-10(15,8(11)9(13)14)6-3-2-4-7(12)5-6/h2-5,8,12,15H,1H3,(H,13,14).